The summed E-state index contributed by atoms with van der Waals surface area (Å²) in [6.45, 7) is 6.65. The van der Waals surface area contributed by atoms with Gasteiger partial charge in [-0.05, 0) is 12.5 Å². The molecule has 134 valence electrons. The molecule has 1 unspecified atom stereocenters. The first-order valence-corrected chi connectivity index (χ1v) is 9.43. The largest absolute Gasteiger partial charge is 0.481 e. The Kier molecular flexibility index (Phi) is 4.66. The lowest BCUT2D eigenvalue weighted by molar-refractivity contribution is -0.137. The summed E-state index contributed by atoms with van der Waals surface area (Å²) in [5.41, 5.74) is -0.346. The number of nitrogens with zero attached hydrogens (tertiary/aromatic N) is 1. The van der Waals surface area contributed by atoms with Gasteiger partial charge >= 0.3 is 5.97 Å². The number of carboxylic acids is 1. The minimum Gasteiger partial charge on any atom is -0.481 e. The third-order valence-electron chi connectivity index (χ3n) is 4.34. The van der Waals surface area contributed by atoms with Crippen molar-refractivity contribution >= 4 is 38.8 Å². The van der Waals surface area contributed by atoms with E-state index in [1.807, 2.05) is 0 Å². The van der Waals surface area contributed by atoms with Gasteiger partial charge in [-0.2, -0.15) is 0 Å². The zero-order valence-electron chi connectivity index (χ0n) is 14.2. The normalized spacial score (nSPS) is 29.1. The Morgan fingerprint density at radius 3 is 2.29 bits per heavy atom. The summed E-state index contributed by atoms with van der Waals surface area (Å²) >= 11 is 5.24. The number of carboxylic acid groups (broad SMARTS) is 1. The average Bonchev–Trinajstić information content (AvgIpc) is 2.43. The molecule has 2 heterocycles. The minimum absolute atomic E-state index is 0.187. The highest BCUT2D eigenvalue weighted by Crippen LogP contribution is 2.44. The first-order chi connectivity index (χ1) is 10.9. The van der Waals surface area contributed by atoms with Crippen molar-refractivity contribution in [2.45, 2.75) is 50.8 Å². The van der Waals surface area contributed by atoms with E-state index in [1.165, 1.54) is 18.9 Å². The number of carbonyl (C=O) groups is 2. The molecule has 0 aromatic heterocycles. The summed E-state index contributed by atoms with van der Waals surface area (Å²) in [6, 6.07) is 0. The maximum Gasteiger partial charge on any atom is 0.305 e. The molecule has 0 aromatic carbocycles. The van der Waals surface area contributed by atoms with Crippen molar-refractivity contribution < 1.29 is 27.9 Å². The SMILES string of the molecule is CO[C@H]1C(=S)N2C(C(=O)C(C)(C)C)=C(C)C(CC(=O)O)S(=O)(=O)[C@H]12. The van der Waals surface area contributed by atoms with Crippen LogP contribution in [0.3, 0.4) is 0 Å². The fourth-order valence-corrected chi connectivity index (χ4v) is 6.04. The Morgan fingerprint density at radius 1 is 1.33 bits per heavy atom. The number of hydrogen-bond donors (Lipinski definition) is 1. The van der Waals surface area contributed by atoms with Gasteiger partial charge in [-0.1, -0.05) is 33.0 Å². The van der Waals surface area contributed by atoms with Crippen LogP contribution in [0.25, 0.3) is 0 Å². The highest BCUT2D eigenvalue weighted by Gasteiger charge is 2.61. The fourth-order valence-electron chi connectivity index (χ4n) is 3.04. The molecular formula is C15H21NO6S2. The number of aliphatic carboxylic acids is 1. The van der Waals surface area contributed by atoms with Crippen LogP contribution in [0.2, 0.25) is 0 Å². The van der Waals surface area contributed by atoms with Crippen LogP contribution in [0.4, 0.5) is 0 Å². The molecule has 0 amide bonds. The molecule has 0 saturated carbocycles. The Hall–Kier alpha value is -1.32. The van der Waals surface area contributed by atoms with Gasteiger partial charge in [0.15, 0.2) is 21.0 Å². The van der Waals surface area contributed by atoms with Crippen LogP contribution in [0.5, 0.6) is 0 Å². The van der Waals surface area contributed by atoms with Gasteiger partial charge in [-0.15, -0.1) is 0 Å². The third-order valence-corrected chi connectivity index (χ3v) is 7.21. The van der Waals surface area contributed by atoms with Gasteiger partial charge in [0.2, 0.25) is 0 Å². The molecule has 0 aromatic rings. The van der Waals surface area contributed by atoms with Crippen molar-refractivity contribution in [1.29, 1.82) is 0 Å². The standard InChI is InChI=1S/C15H21NO6S2/c1-7-8(6-9(17)18)24(20,21)14-11(22-5)13(23)16(14)10(7)12(19)15(2,3)4/h8,11,14H,6H2,1-5H3,(H,17,18)/t8?,11-,14+/m0/s1. The van der Waals surface area contributed by atoms with Crippen LogP contribution in [-0.4, -0.2) is 59.0 Å². The number of fused-ring (bicyclic) bond motifs is 1. The first-order valence-electron chi connectivity index (χ1n) is 7.41. The molecule has 24 heavy (non-hydrogen) atoms. The molecule has 2 aliphatic rings. The first kappa shape index (κ1) is 19.0. The number of ether oxygens (including phenoxy) is 1. The number of sulfone groups is 1. The molecule has 1 fully saturated rings. The second-order valence-corrected chi connectivity index (χ2v) is 9.69. The Bertz CT molecular complexity index is 746. The van der Waals surface area contributed by atoms with Gasteiger partial charge in [-0.3, -0.25) is 9.59 Å². The molecule has 7 nitrogen and oxygen atoms in total. The number of allylic oxidation sites excluding steroid dienone is 1. The molecule has 9 heteroatoms. The van der Waals surface area contributed by atoms with E-state index >= 15 is 0 Å². The van der Waals surface area contributed by atoms with E-state index in [2.05, 4.69) is 0 Å². The zero-order chi connectivity index (χ0) is 18.6. The molecule has 1 saturated heterocycles. The maximum atomic E-state index is 12.9. The van der Waals surface area contributed by atoms with Gasteiger partial charge < -0.3 is 14.7 Å². The molecule has 0 bridgehead atoms. The number of hydrogen-bond acceptors (Lipinski definition) is 6. The topological polar surface area (TPSA) is 101 Å². The highest BCUT2D eigenvalue weighted by molar-refractivity contribution is 7.93. The van der Waals surface area contributed by atoms with Crippen molar-refractivity contribution in [2.75, 3.05) is 7.11 Å². The van der Waals surface area contributed by atoms with Crippen LogP contribution in [0, 0.1) is 5.41 Å². The smallest absolute Gasteiger partial charge is 0.305 e. The highest BCUT2D eigenvalue weighted by atomic mass is 32.2. The number of carbonyl (C=O) groups excluding carboxylic acids is 1. The molecule has 1 N–H and O–H groups in total. The Morgan fingerprint density at radius 2 is 1.88 bits per heavy atom. The number of ketones is 1. The number of rotatable bonds is 4. The molecule has 0 radical (unpaired) electrons. The van der Waals surface area contributed by atoms with Crippen LogP contribution in [0.1, 0.15) is 34.1 Å². The quantitative estimate of drug-likeness (QED) is 0.730. The summed E-state index contributed by atoms with van der Waals surface area (Å²) in [5, 5.41) is 6.69. The van der Waals surface area contributed by atoms with E-state index in [0.29, 0.717) is 0 Å². The Balaban J connectivity index is 2.68. The summed E-state index contributed by atoms with van der Waals surface area (Å²) in [6.07, 6.45) is -1.44. The number of thiocarbonyl (C=S) groups is 1. The second-order valence-electron chi connectivity index (χ2n) is 7.04. The van der Waals surface area contributed by atoms with E-state index in [-0.39, 0.29) is 22.0 Å². The van der Waals surface area contributed by atoms with Crippen LogP contribution < -0.4 is 0 Å². The van der Waals surface area contributed by atoms with Gasteiger partial charge in [0.25, 0.3) is 0 Å². The van der Waals surface area contributed by atoms with Crippen molar-refractivity contribution in [3.63, 3.8) is 0 Å². The van der Waals surface area contributed by atoms with Crippen molar-refractivity contribution in [3.8, 4) is 0 Å². The number of Topliss-reactive ketones (excluding diaryl/α,β-unsaturated/α-hetero) is 1. The monoisotopic (exact) mass is 375 g/mol. The molecule has 0 aliphatic carbocycles. The summed E-state index contributed by atoms with van der Waals surface area (Å²) in [4.78, 5) is 25.6. The van der Waals surface area contributed by atoms with Crippen molar-refractivity contribution in [3.05, 3.63) is 11.3 Å². The fraction of sp³-hybridized carbons (Fsp3) is 0.667. The lowest BCUT2D eigenvalue weighted by Gasteiger charge is -2.53. The van der Waals surface area contributed by atoms with E-state index in [9.17, 15) is 18.0 Å². The van der Waals surface area contributed by atoms with Crippen LogP contribution >= 0.6 is 12.2 Å². The third kappa shape index (κ3) is 2.68. The van der Waals surface area contributed by atoms with E-state index in [1.54, 1.807) is 20.8 Å². The summed E-state index contributed by atoms with van der Waals surface area (Å²) in [5.74, 6) is -1.51. The van der Waals surface area contributed by atoms with Crippen molar-refractivity contribution in [2.24, 2.45) is 5.41 Å². The second kappa shape index (κ2) is 5.89. The molecule has 3 atom stereocenters. The van der Waals surface area contributed by atoms with Crippen LogP contribution in [-0.2, 0) is 24.2 Å². The number of methoxy groups -OCH3 is 1. The predicted molar refractivity (Wildman–Crippen MR) is 91.1 cm³/mol. The summed E-state index contributed by atoms with van der Waals surface area (Å²) < 4.78 is 30.9. The van der Waals surface area contributed by atoms with E-state index in [0.717, 1.165) is 0 Å². The lowest BCUT2D eigenvalue weighted by Crippen LogP contribution is -2.71. The Labute approximate surface area is 146 Å². The van der Waals surface area contributed by atoms with Gasteiger partial charge in [0, 0.05) is 12.5 Å². The van der Waals surface area contributed by atoms with Gasteiger partial charge in [0.1, 0.15) is 11.1 Å². The minimum atomic E-state index is -3.89. The lowest BCUT2D eigenvalue weighted by atomic mass is 9.85. The summed E-state index contributed by atoms with van der Waals surface area (Å²) in [7, 11) is -2.55. The maximum absolute atomic E-state index is 12.9. The van der Waals surface area contributed by atoms with Crippen molar-refractivity contribution in [1.82, 2.24) is 4.90 Å². The predicted octanol–water partition coefficient (Wildman–Crippen LogP) is 1.13. The molecule has 0 spiro atoms. The van der Waals surface area contributed by atoms with Gasteiger partial charge in [0.05, 0.1) is 17.4 Å². The molecule has 2 rings (SSSR count). The average molecular weight is 375 g/mol. The zero-order valence-corrected chi connectivity index (χ0v) is 15.8. The van der Waals surface area contributed by atoms with Gasteiger partial charge in [-0.25, -0.2) is 8.42 Å². The van der Waals surface area contributed by atoms with Crippen LogP contribution in [0.15, 0.2) is 11.3 Å². The molecule has 2 aliphatic heterocycles. The van der Waals surface area contributed by atoms with E-state index < -0.39 is 44.4 Å². The van der Waals surface area contributed by atoms with E-state index in [4.69, 9.17) is 22.1 Å². The molecular weight excluding hydrogens is 354 g/mol.